The molecule has 3 heteroatoms. The van der Waals surface area contributed by atoms with Gasteiger partial charge in [-0.2, -0.15) is 0 Å². The number of fused-ring (bicyclic) bond motifs is 1. The van der Waals surface area contributed by atoms with Gasteiger partial charge in [0, 0.05) is 19.5 Å². The quantitative estimate of drug-likeness (QED) is 0.828. The van der Waals surface area contributed by atoms with Gasteiger partial charge in [0.15, 0.2) is 0 Å². The van der Waals surface area contributed by atoms with Crippen LogP contribution in [0.15, 0.2) is 18.2 Å². The Morgan fingerprint density at radius 3 is 2.95 bits per heavy atom. The summed E-state index contributed by atoms with van der Waals surface area (Å²) >= 11 is 0. The van der Waals surface area contributed by atoms with Crippen molar-refractivity contribution < 1.29 is 9.84 Å². The SMILES string of the molecule is CC(C)CC(C)(O)CNCc1ccc2c(c1)CCO2. The number of aliphatic hydroxyl groups is 1. The average molecular weight is 263 g/mol. The summed E-state index contributed by atoms with van der Waals surface area (Å²) in [4.78, 5) is 0. The molecule has 0 fully saturated rings. The zero-order valence-corrected chi connectivity index (χ0v) is 12.2. The van der Waals surface area contributed by atoms with Gasteiger partial charge >= 0.3 is 0 Å². The number of nitrogens with one attached hydrogen (secondary N) is 1. The summed E-state index contributed by atoms with van der Waals surface area (Å²) in [6.45, 7) is 8.38. The Kier molecular flexibility index (Phi) is 4.48. The normalized spacial score (nSPS) is 17.1. The van der Waals surface area contributed by atoms with E-state index in [1.807, 2.05) is 13.0 Å². The molecular formula is C16H25NO2. The van der Waals surface area contributed by atoms with E-state index >= 15 is 0 Å². The van der Waals surface area contributed by atoms with Gasteiger partial charge in [0.2, 0.25) is 0 Å². The fourth-order valence-corrected chi connectivity index (χ4v) is 2.78. The van der Waals surface area contributed by atoms with Crippen molar-refractivity contribution >= 4 is 0 Å². The number of hydrogen-bond donors (Lipinski definition) is 2. The lowest BCUT2D eigenvalue weighted by Gasteiger charge is -2.25. The first-order chi connectivity index (χ1) is 8.96. The smallest absolute Gasteiger partial charge is 0.122 e. The van der Waals surface area contributed by atoms with Crippen LogP contribution in [0.1, 0.15) is 38.3 Å². The van der Waals surface area contributed by atoms with Crippen molar-refractivity contribution in [3.05, 3.63) is 29.3 Å². The van der Waals surface area contributed by atoms with Gasteiger partial charge < -0.3 is 15.2 Å². The van der Waals surface area contributed by atoms with Crippen LogP contribution in [0, 0.1) is 5.92 Å². The van der Waals surface area contributed by atoms with Gasteiger partial charge in [-0.3, -0.25) is 0 Å². The van der Waals surface area contributed by atoms with E-state index in [-0.39, 0.29) is 0 Å². The standard InChI is InChI=1S/C16H25NO2/c1-12(2)9-16(3,18)11-17-10-13-4-5-15-14(8-13)6-7-19-15/h4-5,8,12,17-18H,6-7,9-11H2,1-3H3. The molecule has 2 rings (SSSR count). The molecule has 1 atom stereocenters. The first kappa shape index (κ1) is 14.4. The molecule has 1 aliphatic heterocycles. The van der Waals surface area contributed by atoms with Crippen molar-refractivity contribution in [1.29, 1.82) is 0 Å². The molecule has 0 spiro atoms. The van der Waals surface area contributed by atoms with Gasteiger partial charge in [0.05, 0.1) is 12.2 Å². The summed E-state index contributed by atoms with van der Waals surface area (Å²) in [5.41, 5.74) is 1.92. The summed E-state index contributed by atoms with van der Waals surface area (Å²) in [6, 6.07) is 6.34. The molecule has 0 radical (unpaired) electrons. The minimum absolute atomic E-state index is 0.508. The zero-order valence-electron chi connectivity index (χ0n) is 12.2. The van der Waals surface area contributed by atoms with Gasteiger partial charge in [0.25, 0.3) is 0 Å². The van der Waals surface area contributed by atoms with Gasteiger partial charge in [-0.15, -0.1) is 0 Å². The maximum Gasteiger partial charge on any atom is 0.122 e. The molecule has 0 aromatic heterocycles. The van der Waals surface area contributed by atoms with Gasteiger partial charge in [-0.05, 0) is 36.5 Å². The number of hydrogen-bond acceptors (Lipinski definition) is 3. The fraction of sp³-hybridized carbons (Fsp3) is 0.625. The molecule has 0 amide bonds. The Morgan fingerprint density at radius 1 is 1.42 bits per heavy atom. The second-order valence-electron chi connectivity index (χ2n) is 6.24. The summed E-state index contributed by atoms with van der Waals surface area (Å²) in [7, 11) is 0. The topological polar surface area (TPSA) is 41.5 Å². The number of rotatable bonds is 6. The second-order valence-corrected chi connectivity index (χ2v) is 6.24. The summed E-state index contributed by atoms with van der Waals surface area (Å²) in [5, 5.41) is 13.6. The highest BCUT2D eigenvalue weighted by Crippen LogP contribution is 2.25. The van der Waals surface area contributed by atoms with E-state index in [0.29, 0.717) is 12.5 Å². The largest absolute Gasteiger partial charge is 0.493 e. The number of benzene rings is 1. The Balaban J connectivity index is 1.83. The predicted molar refractivity (Wildman–Crippen MR) is 77.4 cm³/mol. The van der Waals surface area contributed by atoms with Crippen molar-refractivity contribution in [2.45, 2.75) is 45.8 Å². The van der Waals surface area contributed by atoms with Crippen LogP contribution in [0.5, 0.6) is 5.75 Å². The predicted octanol–water partition coefficient (Wildman–Crippen LogP) is 2.51. The molecule has 0 aliphatic carbocycles. The summed E-state index contributed by atoms with van der Waals surface area (Å²) in [5.74, 6) is 1.53. The van der Waals surface area contributed by atoms with Crippen molar-refractivity contribution in [1.82, 2.24) is 5.32 Å². The number of ether oxygens (including phenoxy) is 1. The van der Waals surface area contributed by atoms with Crippen LogP contribution in [0.2, 0.25) is 0 Å². The van der Waals surface area contributed by atoms with E-state index in [9.17, 15) is 5.11 Å². The molecule has 1 aromatic rings. The first-order valence-corrected chi connectivity index (χ1v) is 7.14. The molecule has 1 unspecified atom stereocenters. The molecule has 1 heterocycles. The molecule has 2 N–H and O–H groups in total. The van der Waals surface area contributed by atoms with Crippen LogP contribution < -0.4 is 10.1 Å². The van der Waals surface area contributed by atoms with Gasteiger partial charge in [-0.25, -0.2) is 0 Å². The third-order valence-corrected chi connectivity index (χ3v) is 3.44. The maximum absolute atomic E-state index is 10.2. The van der Waals surface area contributed by atoms with E-state index in [0.717, 1.165) is 31.7 Å². The highest BCUT2D eigenvalue weighted by molar-refractivity contribution is 5.39. The van der Waals surface area contributed by atoms with Crippen molar-refractivity contribution in [2.75, 3.05) is 13.2 Å². The molecule has 1 aromatic carbocycles. The third-order valence-electron chi connectivity index (χ3n) is 3.44. The van der Waals surface area contributed by atoms with E-state index < -0.39 is 5.60 Å². The van der Waals surface area contributed by atoms with Crippen LogP contribution in [-0.4, -0.2) is 23.9 Å². The minimum Gasteiger partial charge on any atom is -0.493 e. The second kappa shape index (κ2) is 5.93. The highest BCUT2D eigenvalue weighted by atomic mass is 16.5. The fourth-order valence-electron chi connectivity index (χ4n) is 2.78. The van der Waals surface area contributed by atoms with Crippen molar-refractivity contribution in [2.24, 2.45) is 5.92 Å². The monoisotopic (exact) mass is 263 g/mol. The van der Waals surface area contributed by atoms with E-state index in [1.165, 1.54) is 11.1 Å². The lowest BCUT2D eigenvalue weighted by molar-refractivity contribution is 0.0383. The van der Waals surface area contributed by atoms with Crippen molar-refractivity contribution in [3.63, 3.8) is 0 Å². The van der Waals surface area contributed by atoms with Crippen molar-refractivity contribution in [3.8, 4) is 5.75 Å². The third kappa shape index (κ3) is 4.22. The van der Waals surface area contributed by atoms with Crippen LogP contribution in [0.25, 0.3) is 0 Å². The Bertz CT molecular complexity index is 427. The molecule has 1 aliphatic rings. The summed E-state index contributed by atoms with van der Waals surface area (Å²) in [6.07, 6.45) is 1.83. The van der Waals surface area contributed by atoms with Crippen LogP contribution >= 0.6 is 0 Å². The highest BCUT2D eigenvalue weighted by Gasteiger charge is 2.21. The maximum atomic E-state index is 10.2. The van der Waals surface area contributed by atoms with Crippen LogP contribution in [-0.2, 0) is 13.0 Å². The molecule has 19 heavy (non-hydrogen) atoms. The Labute approximate surface area is 116 Å². The molecule has 0 saturated heterocycles. The Morgan fingerprint density at radius 2 is 2.21 bits per heavy atom. The van der Waals surface area contributed by atoms with Gasteiger partial charge in [-0.1, -0.05) is 26.0 Å². The lowest BCUT2D eigenvalue weighted by atomic mass is 9.94. The minimum atomic E-state index is -0.631. The summed E-state index contributed by atoms with van der Waals surface area (Å²) < 4.78 is 5.50. The Hall–Kier alpha value is -1.06. The molecule has 3 nitrogen and oxygen atoms in total. The average Bonchev–Trinajstić information content (AvgIpc) is 2.74. The van der Waals surface area contributed by atoms with Crippen LogP contribution in [0.3, 0.4) is 0 Å². The zero-order chi connectivity index (χ0) is 13.9. The molecule has 0 bridgehead atoms. The van der Waals surface area contributed by atoms with Gasteiger partial charge in [0.1, 0.15) is 5.75 Å². The molecule has 0 saturated carbocycles. The molecule has 106 valence electrons. The molecular weight excluding hydrogens is 238 g/mol. The van der Waals surface area contributed by atoms with E-state index in [4.69, 9.17) is 4.74 Å². The van der Waals surface area contributed by atoms with E-state index in [1.54, 1.807) is 0 Å². The van der Waals surface area contributed by atoms with Crippen LogP contribution in [0.4, 0.5) is 0 Å². The lowest BCUT2D eigenvalue weighted by Crippen LogP contribution is -2.38. The van der Waals surface area contributed by atoms with E-state index in [2.05, 4.69) is 31.3 Å². The first-order valence-electron chi connectivity index (χ1n) is 7.14.